The molecule has 0 unspecified atom stereocenters. The second-order valence-electron chi connectivity index (χ2n) is 4.11. The van der Waals surface area contributed by atoms with Crippen molar-refractivity contribution in [2.24, 2.45) is 4.99 Å². The van der Waals surface area contributed by atoms with E-state index >= 15 is 0 Å². The summed E-state index contributed by atoms with van der Waals surface area (Å²) < 4.78 is 1.97. The van der Waals surface area contributed by atoms with Crippen molar-refractivity contribution in [2.45, 2.75) is 13.3 Å². The normalized spacial score (nSPS) is 10.8. The molecule has 0 saturated heterocycles. The highest BCUT2D eigenvalue weighted by Gasteiger charge is 2.03. The number of rotatable bonds is 5. The minimum atomic E-state index is 0. The molecule has 2 aromatic rings. The van der Waals surface area contributed by atoms with Crippen molar-refractivity contribution in [3.8, 4) is 12.3 Å². The maximum atomic E-state index is 5.22. The Labute approximate surface area is 141 Å². The van der Waals surface area contributed by atoms with Gasteiger partial charge >= 0.3 is 0 Å². The second kappa shape index (κ2) is 9.18. The number of aromatic nitrogens is 3. The number of halogens is 1. The third-order valence-electron chi connectivity index (χ3n) is 2.69. The van der Waals surface area contributed by atoms with Crippen LogP contribution >= 0.6 is 24.0 Å². The van der Waals surface area contributed by atoms with E-state index < -0.39 is 0 Å². The molecule has 21 heavy (non-hydrogen) atoms. The fourth-order valence-electron chi connectivity index (χ4n) is 1.81. The Kier molecular flexibility index (Phi) is 7.53. The number of pyridine rings is 1. The zero-order chi connectivity index (χ0) is 14.2. The molecule has 6 nitrogen and oxygen atoms in total. The number of hydrogen-bond acceptors (Lipinski definition) is 3. The summed E-state index contributed by atoms with van der Waals surface area (Å²) in [6.07, 6.45) is 7.90. The summed E-state index contributed by atoms with van der Waals surface area (Å²) in [6.45, 7) is 3.89. The minimum Gasteiger partial charge on any atom is -0.357 e. The summed E-state index contributed by atoms with van der Waals surface area (Å²) in [5.41, 5.74) is 0.851. The van der Waals surface area contributed by atoms with Gasteiger partial charge in [-0.2, -0.15) is 0 Å². The van der Waals surface area contributed by atoms with Crippen LogP contribution in [-0.2, 0) is 6.42 Å². The molecule has 0 bridgehead atoms. The molecule has 0 aliphatic carbocycles. The van der Waals surface area contributed by atoms with E-state index in [1.807, 2.05) is 35.7 Å². The smallest absolute Gasteiger partial charge is 0.192 e. The Balaban J connectivity index is 0.00000220. The fourth-order valence-corrected chi connectivity index (χ4v) is 1.81. The molecule has 0 aromatic carbocycles. The van der Waals surface area contributed by atoms with Crippen LogP contribution in [0, 0.1) is 12.3 Å². The maximum absolute atomic E-state index is 5.22. The van der Waals surface area contributed by atoms with Crippen molar-refractivity contribution in [3.05, 3.63) is 30.2 Å². The molecule has 0 aliphatic heterocycles. The number of fused-ring (bicyclic) bond motifs is 1. The highest BCUT2D eigenvalue weighted by molar-refractivity contribution is 14.0. The van der Waals surface area contributed by atoms with E-state index in [0.29, 0.717) is 13.1 Å². The third-order valence-corrected chi connectivity index (χ3v) is 2.69. The quantitative estimate of drug-likeness (QED) is 0.343. The van der Waals surface area contributed by atoms with Crippen LogP contribution in [0.3, 0.4) is 0 Å². The molecule has 0 atom stereocenters. The van der Waals surface area contributed by atoms with Crippen LogP contribution in [0.2, 0.25) is 0 Å². The van der Waals surface area contributed by atoms with Gasteiger partial charge in [-0.25, -0.2) is 0 Å². The Morgan fingerprint density at radius 2 is 2.24 bits per heavy atom. The van der Waals surface area contributed by atoms with Crippen molar-refractivity contribution < 1.29 is 0 Å². The predicted molar refractivity (Wildman–Crippen MR) is 94.9 cm³/mol. The molecular weight excluding hydrogens is 379 g/mol. The van der Waals surface area contributed by atoms with Gasteiger partial charge in [0.05, 0.1) is 6.54 Å². The number of terminal acetylenes is 1. The highest BCUT2D eigenvalue weighted by atomic mass is 127. The largest absolute Gasteiger partial charge is 0.357 e. The molecule has 0 spiro atoms. The van der Waals surface area contributed by atoms with E-state index in [1.165, 1.54) is 0 Å². The van der Waals surface area contributed by atoms with Gasteiger partial charge in [0.15, 0.2) is 11.6 Å². The summed E-state index contributed by atoms with van der Waals surface area (Å²) in [5.74, 6) is 4.15. The number of aliphatic imine (C=N–C) groups is 1. The number of nitrogens with zero attached hydrogens (tertiary/aromatic N) is 4. The Bertz CT molecular complexity index is 628. The standard InChI is InChI=1S/C14H18N6.HI/c1-3-9-16-14(15-4-2)17-10-8-13-19-18-12-7-5-6-11-20(12)13;/h1,5-7,11H,4,8-10H2,2H3,(H2,15,16,17);1H. The van der Waals surface area contributed by atoms with Crippen LogP contribution in [0.4, 0.5) is 0 Å². The van der Waals surface area contributed by atoms with Crippen LogP contribution in [0.1, 0.15) is 12.7 Å². The van der Waals surface area contributed by atoms with Gasteiger partial charge in [0.1, 0.15) is 5.82 Å². The van der Waals surface area contributed by atoms with Crippen LogP contribution in [-0.4, -0.2) is 40.2 Å². The SMILES string of the molecule is C#CCNC(=NCCc1nnc2ccccn12)NCC.I. The molecule has 0 amide bonds. The number of guanidine groups is 1. The summed E-state index contributed by atoms with van der Waals surface area (Å²) in [4.78, 5) is 4.45. The summed E-state index contributed by atoms with van der Waals surface area (Å²) in [5, 5.41) is 14.5. The summed E-state index contributed by atoms with van der Waals surface area (Å²) in [6, 6.07) is 5.83. The average molecular weight is 398 g/mol. The van der Waals surface area contributed by atoms with Crippen molar-refractivity contribution >= 4 is 35.6 Å². The van der Waals surface area contributed by atoms with Gasteiger partial charge in [0.2, 0.25) is 0 Å². The van der Waals surface area contributed by atoms with Crippen LogP contribution in [0.15, 0.2) is 29.4 Å². The molecule has 112 valence electrons. The van der Waals surface area contributed by atoms with E-state index in [1.54, 1.807) is 0 Å². The van der Waals surface area contributed by atoms with Crippen molar-refractivity contribution in [2.75, 3.05) is 19.6 Å². The zero-order valence-corrected chi connectivity index (χ0v) is 14.2. The first-order valence-electron chi connectivity index (χ1n) is 6.59. The van der Waals surface area contributed by atoms with Gasteiger partial charge in [-0.3, -0.25) is 9.39 Å². The Hall–Kier alpha value is -1.82. The molecule has 2 rings (SSSR count). The van der Waals surface area contributed by atoms with Gasteiger partial charge in [-0.05, 0) is 19.1 Å². The van der Waals surface area contributed by atoms with Crippen LogP contribution in [0.25, 0.3) is 5.65 Å². The maximum Gasteiger partial charge on any atom is 0.192 e. The summed E-state index contributed by atoms with van der Waals surface area (Å²) in [7, 11) is 0. The zero-order valence-electron chi connectivity index (χ0n) is 11.9. The van der Waals surface area contributed by atoms with E-state index in [9.17, 15) is 0 Å². The van der Waals surface area contributed by atoms with Gasteiger partial charge in [0, 0.05) is 25.7 Å². The lowest BCUT2D eigenvalue weighted by molar-refractivity contribution is 0.818. The molecule has 2 aromatic heterocycles. The molecule has 0 fully saturated rings. The van der Waals surface area contributed by atoms with Gasteiger partial charge in [-0.15, -0.1) is 40.6 Å². The van der Waals surface area contributed by atoms with E-state index in [-0.39, 0.29) is 24.0 Å². The van der Waals surface area contributed by atoms with Crippen molar-refractivity contribution in [3.63, 3.8) is 0 Å². The van der Waals surface area contributed by atoms with E-state index in [4.69, 9.17) is 6.42 Å². The minimum absolute atomic E-state index is 0. The lowest BCUT2D eigenvalue weighted by Crippen LogP contribution is -2.37. The fraction of sp³-hybridized carbons (Fsp3) is 0.357. The first-order chi connectivity index (χ1) is 9.85. The molecule has 0 radical (unpaired) electrons. The van der Waals surface area contributed by atoms with E-state index in [0.717, 1.165) is 30.4 Å². The first-order valence-corrected chi connectivity index (χ1v) is 6.59. The predicted octanol–water partition coefficient (Wildman–Crippen LogP) is 1.08. The lowest BCUT2D eigenvalue weighted by atomic mass is 10.4. The lowest BCUT2D eigenvalue weighted by Gasteiger charge is -2.08. The summed E-state index contributed by atoms with van der Waals surface area (Å²) >= 11 is 0. The third kappa shape index (κ3) is 4.90. The molecular formula is C14H19IN6. The highest BCUT2D eigenvalue weighted by Crippen LogP contribution is 2.03. The van der Waals surface area contributed by atoms with Crippen molar-refractivity contribution in [1.82, 2.24) is 25.2 Å². The topological polar surface area (TPSA) is 66.6 Å². The molecule has 0 saturated carbocycles. The van der Waals surface area contributed by atoms with Crippen LogP contribution < -0.4 is 10.6 Å². The second-order valence-corrected chi connectivity index (χ2v) is 4.11. The molecule has 0 aliphatic rings. The van der Waals surface area contributed by atoms with Gasteiger partial charge in [0.25, 0.3) is 0 Å². The number of nitrogens with one attached hydrogen (secondary N) is 2. The average Bonchev–Trinajstić information content (AvgIpc) is 2.88. The van der Waals surface area contributed by atoms with Gasteiger partial charge in [-0.1, -0.05) is 12.0 Å². The first kappa shape index (κ1) is 17.2. The van der Waals surface area contributed by atoms with Crippen molar-refractivity contribution in [1.29, 1.82) is 0 Å². The van der Waals surface area contributed by atoms with E-state index in [2.05, 4.69) is 31.7 Å². The monoisotopic (exact) mass is 398 g/mol. The number of hydrogen-bond donors (Lipinski definition) is 2. The molecule has 2 heterocycles. The Morgan fingerprint density at radius 3 is 3.00 bits per heavy atom. The van der Waals surface area contributed by atoms with Gasteiger partial charge < -0.3 is 10.6 Å². The molecule has 7 heteroatoms. The molecule has 2 N–H and O–H groups in total. The Morgan fingerprint density at radius 1 is 1.38 bits per heavy atom. The van der Waals surface area contributed by atoms with Crippen LogP contribution in [0.5, 0.6) is 0 Å².